The first-order chi connectivity index (χ1) is 10.5. The van der Waals surface area contributed by atoms with Crippen LogP contribution in [0.1, 0.15) is 36.6 Å². The summed E-state index contributed by atoms with van der Waals surface area (Å²) < 4.78 is 0. The number of carboxylic acids is 1. The van der Waals surface area contributed by atoms with E-state index in [4.69, 9.17) is 0 Å². The van der Waals surface area contributed by atoms with Gasteiger partial charge in [-0.2, -0.15) is 0 Å². The predicted octanol–water partition coefficient (Wildman–Crippen LogP) is 3.47. The molecule has 0 spiro atoms. The van der Waals surface area contributed by atoms with Gasteiger partial charge < -0.3 is 10.1 Å². The number of nitrogens with one attached hydrogen (secondary N) is 1. The van der Waals surface area contributed by atoms with E-state index in [1.54, 1.807) is 0 Å². The normalized spacial score (nSPS) is 27.1. The molecule has 2 unspecified atom stereocenters. The Balaban J connectivity index is 0.00000156. The largest absolute Gasteiger partial charge is 0.481 e. The third-order valence-corrected chi connectivity index (χ3v) is 5.75. The van der Waals surface area contributed by atoms with Gasteiger partial charge >= 0.3 is 5.97 Å². The van der Waals surface area contributed by atoms with Gasteiger partial charge in [0.05, 0.1) is 11.5 Å². The molecule has 1 fully saturated rings. The van der Waals surface area contributed by atoms with E-state index in [1.165, 1.54) is 16.5 Å². The minimum atomic E-state index is -0.671. The Morgan fingerprint density at radius 3 is 2.91 bits per heavy atom. The Labute approximate surface area is 142 Å². The summed E-state index contributed by atoms with van der Waals surface area (Å²) in [4.78, 5) is 17.8. The Hall–Kier alpha value is -1.52. The van der Waals surface area contributed by atoms with Crippen molar-refractivity contribution in [3.05, 3.63) is 35.0 Å². The molecule has 2 atom stereocenters. The monoisotopic (exact) mass is 334 g/mol. The lowest BCUT2D eigenvalue weighted by molar-refractivity contribution is -0.152. The van der Waals surface area contributed by atoms with Gasteiger partial charge in [-0.3, -0.25) is 9.69 Å². The lowest BCUT2D eigenvalue weighted by atomic mass is 9.72. The van der Waals surface area contributed by atoms with Crippen molar-refractivity contribution in [2.75, 3.05) is 13.1 Å². The molecule has 2 aromatic rings. The van der Waals surface area contributed by atoms with Crippen molar-refractivity contribution in [1.82, 2.24) is 9.88 Å². The Bertz CT molecular complexity index is 770. The number of halogens is 1. The molecule has 1 saturated heterocycles. The van der Waals surface area contributed by atoms with Gasteiger partial charge in [0, 0.05) is 23.1 Å². The minimum absolute atomic E-state index is 0. The number of rotatable bonds is 1. The number of aliphatic carboxylic acids is 1. The summed E-state index contributed by atoms with van der Waals surface area (Å²) >= 11 is 0. The minimum Gasteiger partial charge on any atom is -0.481 e. The van der Waals surface area contributed by atoms with Crippen molar-refractivity contribution in [1.29, 1.82) is 0 Å². The van der Waals surface area contributed by atoms with Crippen molar-refractivity contribution < 1.29 is 9.90 Å². The van der Waals surface area contributed by atoms with Crippen LogP contribution < -0.4 is 0 Å². The molecule has 2 aliphatic heterocycles. The fourth-order valence-electron chi connectivity index (χ4n) is 4.56. The average Bonchev–Trinajstić information content (AvgIpc) is 2.85. The Morgan fingerprint density at radius 1 is 1.39 bits per heavy atom. The zero-order chi connectivity index (χ0) is 15.5. The maximum atomic E-state index is 11.9. The van der Waals surface area contributed by atoms with Gasteiger partial charge in [0.1, 0.15) is 0 Å². The summed E-state index contributed by atoms with van der Waals surface area (Å²) in [7, 11) is 0. The molecule has 1 aromatic carbocycles. The van der Waals surface area contributed by atoms with Crippen molar-refractivity contribution >= 4 is 29.3 Å². The quantitative estimate of drug-likeness (QED) is 0.839. The molecule has 2 aliphatic rings. The summed E-state index contributed by atoms with van der Waals surface area (Å²) in [6, 6.07) is 6.46. The highest BCUT2D eigenvalue weighted by molar-refractivity contribution is 5.87. The number of benzene rings is 1. The number of fused-ring (bicyclic) bond motifs is 5. The van der Waals surface area contributed by atoms with Crippen molar-refractivity contribution in [3.8, 4) is 0 Å². The predicted molar refractivity (Wildman–Crippen MR) is 93.3 cm³/mol. The van der Waals surface area contributed by atoms with Crippen LogP contribution in [-0.2, 0) is 16.8 Å². The molecule has 3 heterocycles. The summed E-state index contributed by atoms with van der Waals surface area (Å²) in [5.74, 6) is -1.01. The van der Waals surface area contributed by atoms with E-state index in [1.807, 2.05) is 0 Å². The first kappa shape index (κ1) is 16.3. The van der Waals surface area contributed by atoms with Gasteiger partial charge in [0.2, 0.25) is 0 Å². The SMILES string of the molecule is Cc1ccc2[nH]c3c(c2c1)CCN1CCCC(C(=O)O)C31C.Cl. The molecule has 124 valence electrons. The first-order valence-electron chi connectivity index (χ1n) is 8.11. The standard InChI is InChI=1S/C18H22N2O2.ClH/c1-11-5-6-15-13(10-11)12-7-9-20-8-3-4-14(17(21)22)18(20,2)16(12)19-15;/h5-6,10,14,19H,3-4,7-9H2,1-2H3,(H,21,22);1H. The smallest absolute Gasteiger partial charge is 0.308 e. The molecule has 0 radical (unpaired) electrons. The van der Waals surface area contributed by atoms with Crippen LogP contribution in [0.25, 0.3) is 10.9 Å². The summed E-state index contributed by atoms with van der Waals surface area (Å²) in [5.41, 5.74) is 4.43. The van der Waals surface area contributed by atoms with Gasteiger partial charge in [-0.1, -0.05) is 11.6 Å². The molecule has 0 saturated carbocycles. The molecule has 1 aromatic heterocycles. The molecule has 2 N–H and O–H groups in total. The van der Waals surface area contributed by atoms with E-state index in [9.17, 15) is 9.90 Å². The highest BCUT2D eigenvalue weighted by Crippen LogP contribution is 2.47. The number of H-pyrrole nitrogens is 1. The van der Waals surface area contributed by atoms with E-state index in [2.05, 4.69) is 41.9 Å². The second-order valence-electron chi connectivity index (χ2n) is 6.95. The fourth-order valence-corrected chi connectivity index (χ4v) is 4.56. The zero-order valence-electron chi connectivity index (χ0n) is 13.6. The van der Waals surface area contributed by atoms with E-state index in [0.717, 1.165) is 43.6 Å². The zero-order valence-corrected chi connectivity index (χ0v) is 14.4. The third kappa shape index (κ3) is 2.19. The number of carbonyl (C=O) groups is 1. The number of nitrogens with zero attached hydrogens (tertiary/aromatic N) is 1. The molecule has 5 heteroatoms. The van der Waals surface area contributed by atoms with Crippen LogP contribution in [0.5, 0.6) is 0 Å². The number of piperidine rings is 1. The van der Waals surface area contributed by atoms with E-state index in [-0.39, 0.29) is 18.3 Å². The second kappa shape index (κ2) is 5.53. The lowest BCUT2D eigenvalue weighted by Gasteiger charge is -2.51. The average molecular weight is 335 g/mol. The van der Waals surface area contributed by atoms with Gasteiger partial charge in [-0.25, -0.2) is 0 Å². The number of aromatic amines is 1. The Kier molecular flexibility index (Phi) is 3.93. The molecule has 4 rings (SSSR count). The molecule has 4 nitrogen and oxygen atoms in total. The maximum absolute atomic E-state index is 11.9. The van der Waals surface area contributed by atoms with Crippen LogP contribution in [0.15, 0.2) is 18.2 Å². The van der Waals surface area contributed by atoms with E-state index >= 15 is 0 Å². The highest BCUT2D eigenvalue weighted by atomic mass is 35.5. The number of hydrogen-bond donors (Lipinski definition) is 2. The van der Waals surface area contributed by atoms with Crippen LogP contribution in [0.3, 0.4) is 0 Å². The second-order valence-corrected chi connectivity index (χ2v) is 6.95. The van der Waals surface area contributed by atoms with Crippen LogP contribution in [0.2, 0.25) is 0 Å². The molecule has 0 aliphatic carbocycles. The lowest BCUT2D eigenvalue weighted by Crippen LogP contribution is -2.58. The first-order valence-corrected chi connectivity index (χ1v) is 8.11. The van der Waals surface area contributed by atoms with Gasteiger partial charge in [0.25, 0.3) is 0 Å². The number of carboxylic acid groups (broad SMARTS) is 1. The number of hydrogen-bond acceptors (Lipinski definition) is 2. The molecular weight excluding hydrogens is 312 g/mol. The fraction of sp³-hybridized carbons (Fsp3) is 0.500. The van der Waals surface area contributed by atoms with Crippen molar-refractivity contribution in [2.45, 2.75) is 38.6 Å². The van der Waals surface area contributed by atoms with Gasteiger partial charge in [-0.05, 0) is 57.4 Å². The third-order valence-electron chi connectivity index (χ3n) is 5.75. The summed E-state index contributed by atoms with van der Waals surface area (Å²) in [6.07, 6.45) is 2.73. The molecule has 0 bridgehead atoms. The molecular formula is C18H23ClN2O2. The van der Waals surface area contributed by atoms with Crippen molar-refractivity contribution in [2.24, 2.45) is 5.92 Å². The summed E-state index contributed by atoms with van der Waals surface area (Å²) in [5, 5.41) is 11.0. The molecule has 23 heavy (non-hydrogen) atoms. The maximum Gasteiger partial charge on any atom is 0.308 e. The molecule has 0 amide bonds. The summed E-state index contributed by atoms with van der Waals surface area (Å²) in [6.45, 7) is 6.17. The highest BCUT2D eigenvalue weighted by Gasteiger charge is 2.51. The van der Waals surface area contributed by atoms with Gasteiger partial charge in [0.15, 0.2) is 0 Å². The topological polar surface area (TPSA) is 56.3 Å². The van der Waals surface area contributed by atoms with Crippen LogP contribution in [0.4, 0.5) is 0 Å². The van der Waals surface area contributed by atoms with Crippen LogP contribution >= 0.6 is 12.4 Å². The van der Waals surface area contributed by atoms with Crippen LogP contribution in [-0.4, -0.2) is 34.0 Å². The number of aryl methyl sites for hydroxylation is 1. The van der Waals surface area contributed by atoms with Crippen LogP contribution in [0, 0.1) is 12.8 Å². The van der Waals surface area contributed by atoms with Gasteiger partial charge in [-0.15, -0.1) is 12.4 Å². The Morgan fingerprint density at radius 2 is 2.17 bits per heavy atom. The van der Waals surface area contributed by atoms with E-state index in [0.29, 0.717) is 0 Å². The van der Waals surface area contributed by atoms with Crippen molar-refractivity contribution in [3.63, 3.8) is 0 Å². The number of aromatic nitrogens is 1. The van der Waals surface area contributed by atoms with E-state index < -0.39 is 11.5 Å².